The van der Waals surface area contributed by atoms with Gasteiger partial charge in [-0.25, -0.2) is 4.79 Å². The van der Waals surface area contributed by atoms with Crippen LogP contribution in [-0.2, 0) is 27.2 Å². The smallest absolute Gasteiger partial charge is 0.318 e. The molecule has 118 valence electrons. The number of amides is 3. The summed E-state index contributed by atoms with van der Waals surface area (Å²) in [4.78, 5) is 34.7. The number of esters is 1. The van der Waals surface area contributed by atoms with Crippen molar-refractivity contribution in [2.45, 2.75) is 37.2 Å². The maximum atomic E-state index is 11.7. The first-order valence-electron chi connectivity index (χ1n) is 7.00. The number of hydrogen-bond acceptors (Lipinski definition) is 5. The molecule has 0 radical (unpaired) electrons. The summed E-state index contributed by atoms with van der Waals surface area (Å²) in [6, 6.07) is 5.22. The number of nitrogens with one attached hydrogen (secondary N) is 1. The fraction of sp³-hybridized carbons (Fsp3) is 0.400. The molecule has 6 nitrogen and oxygen atoms in total. The zero-order chi connectivity index (χ0) is 16.1. The molecule has 2 rings (SSSR count). The lowest BCUT2D eigenvalue weighted by Gasteiger charge is -2.12. The molecule has 0 aromatic heterocycles. The monoisotopic (exact) mass is 322 g/mol. The first kappa shape index (κ1) is 16.4. The fourth-order valence-electron chi connectivity index (χ4n) is 2.29. The van der Waals surface area contributed by atoms with Crippen molar-refractivity contribution in [2.75, 3.05) is 5.75 Å². The van der Waals surface area contributed by atoms with Crippen LogP contribution in [0.15, 0.2) is 23.1 Å². The van der Waals surface area contributed by atoms with E-state index < -0.39 is 24.0 Å². The van der Waals surface area contributed by atoms with E-state index >= 15 is 0 Å². The Labute approximate surface area is 132 Å². The van der Waals surface area contributed by atoms with Crippen molar-refractivity contribution in [2.24, 2.45) is 5.73 Å². The molecule has 0 aliphatic heterocycles. The van der Waals surface area contributed by atoms with Crippen LogP contribution in [0.4, 0.5) is 4.79 Å². The molecule has 3 amide bonds. The van der Waals surface area contributed by atoms with Crippen molar-refractivity contribution >= 4 is 29.7 Å². The number of benzene rings is 1. The van der Waals surface area contributed by atoms with Gasteiger partial charge in [0, 0.05) is 4.90 Å². The third kappa shape index (κ3) is 4.49. The van der Waals surface area contributed by atoms with E-state index in [4.69, 9.17) is 10.5 Å². The number of ether oxygens (including phenoxy) is 1. The van der Waals surface area contributed by atoms with E-state index in [0.717, 1.165) is 17.7 Å². The van der Waals surface area contributed by atoms with Gasteiger partial charge in [0.2, 0.25) is 0 Å². The minimum absolute atomic E-state index is 0.104. The van der Waals surface area contributed by atoms with E-state index in [1.807, 2.05) is 11.4 Å². The number of carbonyl (C=O) groups excluding carboxylic acids is 3. The molecule has 1 aliphatic rings. The molecule has 7 heteroatoms. The molecule has 1 atom stereocenters. The van der Waals surface area contributed by atoms with E-state index in [9.17, 15) is 14.4 Å². The second-order valence-electron chi connectivity index (χ2n) is 5.06. The van der Waals surface area contributed by atoms with Crippen LogP contribution < -0.4 is 11.1 Å². The van der Waals surface area contributed by atoms with Crippen molar-refractivity contribution in [3.05, 3.63) is 29.3 Å². The quantitative estimate of drug-likeness (QED) is 0.630. The second kappa shape index (κ2) is 7.31. The average molecular weight is 322 g/mol. The van der Waals surface area contributed by atoms with Crippen LogP contribution in [-0.4, -0.2) is 29.8 Å². The first-order chi connectivity index (χ1) is 10.5. The third-order valence-electron chi connectivity index (χ3n) is 3.35. The van der Waals surface area contributed by atoms with Crippen LogP contribution in [0, 0.1) is 0 Å². The summed E-state index contributed by atoms with van der Waals surface area (Å²) in [6.45, 7) is 1.39. The number of rotatable bonds is 5. The Morgan fingerprint density at radius 2 is 2.05 bits per heavy atom. The Morgan fingerprint density at radius 1 is 1.32 bits per heavy atom. The molecule has 0 saturated heterocycles. The standard InChI is InChI=1S/C15H18N2O4S/c1-9(14(19)17-15(16)20)21-13(18)8-22-12-6-5-10-3-2-4-11(10)7-12/h5-7,9H,2-4,8H2,1H3,(H3,16,17,19,20)/t9-/m1/s1. The number of fused-ring (bicyclic) bond motifs is 1. The summed E-state index contributed by atoms with van der Waals surface area (Å²) < 4.78 is 4.95. The molecule has 0 fully saturated rings. The molecule has 22 heavy (non-hydrogen) atoms. The number of hydrogen-bond donors (Lipinski definition) is 2. The summed E-state index contributed by atoms with van der Waals surface area (Å²) in [5, 5.41) is 1.87. The van der Waals surface area contributed by atoms with Gasteiger partial charge in [-0.3, -0.25) is 14.9 Å². The van der Waals surface area contributed by atoms with Crippen LogP contribution in [0.3, 0.4) is 0 Å². The maximum absolute atomic E-state index is 11.7. The number of aryl methyl sites for hydroxylation is 2. The third-order valence-corrected chi connectivity index (χ3v) is 4.32. The second-order valence-corrected chi connectivity index (χ2v) is 6.11. The van der Waals surface area contributed by atoms with E-state index in [1.165, 1.54) is 36.2 Å². The molecule has 3 N–H and O–H groups in total. The average Bonchev–Trinajstić information content (AvgIpc) is 2.91. The minimum Gasteiger partial charge on any atom is -0.452 e. The Balaban J connectivity index is 1.80. The predicted molar refractivity (Wildman–Crippen MR) is 82.5 cm³/mol. The van der Waals surface area contributed by atoms with Crippen LogP contribution in [0.5, 0.6) is 0 Å². The Morgan fingerprint density at radius 3 is 2.77 bits per heavy atom. The van der Waals surface area contributed by atoms with E-state index in [1.54, 1.807) is 0 Å². The number of imide groups is 1. The van der Waals surface area contributed by atoms with Gasteiger partial charge in [0.1, 0.15) is 0 Å². The van der Waals surface area contributed by atoms with Crippen molar-refractivity contribution < 1.29 is 19.1 Å². The van der Waals surface area contributed by atoms with E-state index in [2.05, 4.69) is 12.1 Å². The van der Waals surface area contributed by atoms with Gasteiger partial charge in [-0.2, -0.15) is 0 Å². The van der Waals surface area contributed by atoms with Gasteiger partial charge in [-0.05, 0) is 49.4 Å². The Bertz CT molecular complexity index is 603. The molecular weight excluding hydrogens is 304 g/mol. The minimum atomic E-state index is -1.05. The highest BCUT2D eigenvalue weighted by molar-refractivity contribution is 8.00. The summed E-state index contributed by atoms with van der Waals surface area (Å²) in [5.41, 5.74) is 7.54. The van der Waals surface area contributed by atoms with Crippen LogP contribution in [0.2, 0.25) is 0 Å². The molecule has 0 bridgehead atoms. The normalized spacial score (nSPS) is 14.0. The van der Waals surface area contributed by atoms with Gasteiger partial charge >= 0.3 is 12.0 Å². The van der Waals surface area contributed by atoms with Crippen molar-refractivity contribution in [1.29, 1.82) is 0 Å². The molecule has 0 unspecified atom stereocenters. The highest BCUT2D eigenvalue weighted by Gasteiger charge is 2.19. The maximum Gasteiger partial charge on any atom is 0.318 e. The van der Waals surface area contributed by atoms with Gasteiger partial charge in [-0.15, -0.1) is 11.8 Å². The fourth-order valence-corrected chi connectivity index (χ4v) is 3.03. The van der Waals surface area contributed by atoms with Crippen LogP contribution >= 0.6 is 11.8 Å². The van der Waals surface area contributed by atoms with Crippen molar-refractivity contribution in [3.8, 4) is 0 Å². The van der Waals surface area contributed by atoms with Crippen LogP contribution in [0.25, 0.3) is 0 Å². The SMILES string of the molecule is C[C@@H](OC(=O)CSc1ccc2c(c1)CCC2)C(=O)NC(N)=O. The lowest BCUT2D eigenvalue weighted by Crippen LogP contribution is -2.42. The number of nitrogens with two attached hydrogens (primary N) is 1. The number of urea groups is 1. The van der Waals surface area contributed by atoms with Gasteiger partial charge in [0.15, 0.2) is 6.10 Å². The lowest BCUT2D eigenvalue weighted by molar-refractivity contribution is -0.151. The molecule has 0 heterocycles. The predicted octanol–water partition coefficient (Wildman–Crippen LogP) is 1.39. The highest BCUT2D eigenvalue weighted by atomic mass is 32.2. The summed E-state index contributed by atoms with van der Waals surface area (Å²) in [5.74, 6) is -1.14. The highest BCUT2D eigenvalue weighted by Crippen LogP contribution is 2.27. The van der Waals surface area contributed by atoms with Crippen LogP contribution in [0.1, 0.15) is 24.5 Å². The first-order valence-corrected chi connectivity index (χ1v) is 7.98. The molecule has 0 saturated carbocycles. The summed E-state index contributed by atoms with van der Waals surface area (Å²) in [7, 11) is 0. The Kier molecular flexibility index (Phi) is 5.43. The zero-order valence-electron chi connectivity index (χ0n) is 12.3. The Hall–Kier alpha value is -2.02. The van der Waals surface area contributed by atoms with Gasteiger partial charge in [0.05, 0.1) is 5.75 Å². The topological polar surface area (TPSA) is 98.5 Å². The molecule has 0 spiro atoms. The summed E-state index contributed by atoms with van der Waals surface area (Å²) >= 11 is 1.36. The van der Waals surface area contributed by atoms with E-state index in [0.29, 0.717) is 0 Å². The number of primary amides is 1. The largest absolute Gasteiger partial charge is 0.452 e. The van der Waals surface area contributed by atoms with Gasteiger partial charge in [-0.1, -0.05) is 6.07 Å². The van der Waals surface area contributed by atoms with Gasteiger partial charge in [0.25, 0.3) is 5.91 Å². The summed E-state index contributed by atoms with van der Waals surface area (Å²) in [6.07, 6.45) is 2.33. The zero-order valence-corrected chi connectivity index (χ0v) is 13.1. The molecular formula is C15H18N2O4S. The molecule has 1 aromatic rings. The van der Waals surface area contributed by atoms with Crippen molar-refractivity contribution in [1.82, 2.24) is 5.32 Å². The van der Waals surface area contributed by atoms with E-state index in [-0.39, 0.29) is 5.75 Å². The number of carbonyl (C=O) groups is 3. The van der Waals surface area contributed by atoms with Gasteiger partial charge < -0.3 is 10.5 Å². The lowest BCUT2D eigenvalue weighted by atomic mass is 10.1. The number of thioether (sulfide) groups is 1. The molecule has 1 aliphatic carbocycles. The molecule has 1 aromatic carbocycles. The van der Waals surface area contributed by atoms with Crippen molar-refractivity contribution in [3.63, 3.8) is 0 Å².